The lowest BCUT2D eigenvalue weighted by molar-refractivity contribution is -0.129. The second kappa shape index (κ2) is 7.50. The molecule has 1 N–H and O–H groups in total. The van der Waals surface area contributed by atoms with E-state index in [1.54, 1.807) is 5.51 Å². The van der Waals surface area contributed by atoms with Gasteiger partial charge in [-0.05, 0) is 5.92 Å². The number of ether oxygens (including phenoxy) is 1. The summed E-state index contributed by atoms with van der Waals surface area (Å²) in [6.07, 6.45) is 0.367. The predicted octanol–water partition coefficient (Wildman–Crippen LogP) is 0.0847. The number of rotatable bonds is 5. The molecular weight excluding hydrogens is 302 g/mol. The number of aromatic nitrogens is 1. The van der Waals surface area contributed by atoms with Gasteiger partial charge in [-0.1, -0.05) is 0 Å². The number of morpholine rings is 1. The molecule has 2 fully saturated rings. The molecule has 1 aromatic rings. The highest BCUT2D eigenvalue weighted by molar-refractivity contribution is 7.07. The smallest absolute Gasteiger partial charge is 0.228 e. The molecule has 1 aromatic heterocycles. The summed E-state index contributed by atoms with van der Waals surface area (Å²) in [5.74, 6) is 0.651. The van der Waals surface area contributed by atoms with Crippen LogP contribution in [0.15, 0.2) is 10.9 Å². The van der Waals surface area contributed by atoms with E-state index in [9.17, 15) is 9.90 Å². The van der Waals surface area contributed by atoms with Gasteiger partial charge in [-0.2, -0.15) is 0 Å². The van der Waals surface area contributed by atoms with E-state index < -0.39 is 0 Å². The average Bonchev–Trinajstić information content (AvgIpc) is 3.18. The third-order valence-corrected chi connectivity index (χ3v) is 5.21. The maximum Gasteiger partial charge on any atom is 0.228 e. The number of aliphatic hydroxyl groups excluding tert-OH is 1. The first kappa shape index (κ1) is 15.9. The Labute approximate surface area is 134 Å². The molecule has 0 aromatic carbocycles. The van der Waals surface area contributed by atoms with Gasteiger partial charge in [0.2, 0.25) is 5.91 Å². The minimum atomic E-state index is 0.119. The summed E-state index contributed by atoms with van der Waals surface area (Å²) in [5, 5.41) is 11.5. The number of amides is 1. The Kier molecular flexibility index (Phi) is 5.41. The number of hydrogen-bond acceptors (Lipinski definition) is 6. The van der Waals surface area contributed by atoms with E-state index >= 15 is 0 Å². The van der Waals surface area contributed by atoms with Gasteiger partial charge in [0.15, 0.2) is 0 Å². The molecule has 0 bridgehead atoms. The normalized spacial score (nSPS) is 26.5. The van der Waals surface area contributed by atoms with Crippen molar-refractivity contribution in [2.45, 2.75) is 6.42 Å². The Morgan fingerprint density at radius 2 is 2.14 bits per heavy atom. The summed E-state index contributed by atoms with van der Waals surface area (Å²) in [4.78, 5) is 20.8. The molecule has 2 aliphatic heterocycles. The molecular formula is C15H23N3O3S. The van der Waals surface area contributed by atoms with E-state index in [1.807, 2.05) is 10.3 Å². The van der Waals surface area contributed by atoms with Crippen LogP contribution in [0.1, 0.15) is 5.69 Å². The Morgan fingerprint density at radius 3 is 2.82 bits per heavy atom. The third kappa shape index (κ3) is 3.84. The lowest BCUT2D eigenvalue weighted by Gasteiger charge is -2.30. The molecule has 122 valence electrons. The molecule has 2 atom stereocenters. The molecule has 3 heterocycles. The van der Waals surface area contributed by atoms with Crippen LogP contribution in [-0.2, 0) is 16.0 Å². The van der Waals surface area contributed by atoms with Crippen molar-refractivity contribution in [1.29, 1.82) is 0 Å². The first-order chi connectivity index (χ1) is 10.8. The molecule has 22 heavy (non-hydrogen) atoms. The highest BCUT2D eigenvalue weighted by atomic mass is 32.1. The molecule has 0 aliphatic carbocycles. The van der Waals surface area contributed by atoms with Crippen LogP contribution in [0.4, 0.5) is 0 Å². The van der Waals surface area contributed by atoms with Gasteiger partial charge in [0.25, 0.3) is 0 Å². The largest absolute Gasteiger partial charge is 0.396 e. The van der Waals surface area contributed by atoms with E-state index in [0.717, 1.165) is 45.1 Å². The van der Waals surface area contributed by atoms with E-state index in [2.05, 4.69) is 9.88 Å². The zero-order valence-corrected chi connectivity index (χ0v) is 13.5. The standard InChI is InChI=1S/C15H23N3O3S/c19-9-13-8-18(15(20)5-14-10-22-11-16-14)7-12(13)6-17-1-3-21-4-2-17/h10-13,19H,1-9H2/t12-,13-/m0/s1. The Bertz CT molecular complexity index is 476. The average molecular weight is 325 g/mol. The van der Waals surface area contributed by atoms with Gasteiger partial charge in [-0.15, -0.1) is 11.3 Å². The highest BCUT2D eigenvalue weighted by Gasteiger charge is 2.35. The number of nitrogens with zero attached hydrogens (tertiary/aromatic N) is 3. The number of carbonyl (C=O) groups excluding carboxylic acids is 1. The monoisotopic (exact) mass is 325 g/mol. The van der Waals surface area contributed by atoms with E-state index in [4.69, 9.17) is 4.74 Å². The fourth-order valence-corrected chi connectivity index (χ4v) is 3.82. The second-order valence-corrected chi connectivity index (χ2v) is 6.79. The van der Waals surface area contributed by atoms with Gasteiger partial charge >= 0.3 is 0 Å². The van der Waals surface area contributed by atoms with Gasteiger partial charge in [-0.25, -0.2) is 4.98 Å². The summed E-state index contributed by atoms with van der Waals surface area (Å²) >= 11 is 1.51. The zero-order chi connectivity index (χ0) is 15.4. The maximum atomic E-state index is 12.4. The first-order valence-corrected chi connectivity index (χ1v) is 8.76. The van der Waals surface area contributed by atoms with Gasteiger partial charge in [0.05, 0.1) is 30.8 Å². The van der Waals surface area contributed by atoms with Crippen LogP contribution in [0.25, 0.3) is 0 Å². The lowest BCUT2D eigenvalue weighted by atomic mass is 9.96. The Hall–Kier alpha value is -1.02. The van der Waals surface area contributed by atoms with E-state index in [1.165, 1.54) is 11.3 Å². The Morgan fingerprint density at radius 1 is 1.36 bits per heavy atom. The van der Waals surface area contributed by atoms with Gasteiger partial charge < -0.3 is 14.7 Å². The molecule has 6 nitrogen and oxygen atoms in total. The lowest BCUT2D eigenvalue weighted by Crippen LogP contribution is -2.41. The molecule has 7 heteroatoms. The summed E-state index contributed by atoms with van der Waals surface area (Å²) < 4.78 is 5.37. The second-order valence-electron chi connectivity index (χ2n) is 6.07. The molecule has 0 unspecified atom stereocenters. The fourth-order valence-electron chi connectivity index (χ4n) is 3.26. The third-order valence-electron chi connectivity index (χ3n) is 4.58. The molecule has 2 saturated heterocycles. The van der Waals surface area contributed by atoms with E-state index in [0.29, 0.717) is 18.9 Å². The van der Waals surface area contributed by atoms with Crippen LogP contribution in [0.2, 0.25) is 0 Å². The van der Waals surface area contributed by atoms with Crippen molar-refractivity contribution in [3.05, 3.63) is 16.6 Å². The topological polar surface area (TPSA) is 65.9 Å². The van der Waals surface area contributed by atoms with Crippen LogP contribution >= 0.6 is 11.3 Å². The van der Waals surface area contributed by atoms with Crippen molar-refractivity contribution in [2.24, 2.45) is 11.8 Å². The molecule has 0 saturated carbocycles. The van der Waals surface area contributed by atoms with Crippen LogP contribution in [-0.4, -0.2) is 78.3 Å². The molecule has 1 amide bonds. The zero-order valence-electron chi connectivity index (χ0n) is 12.7. The SMILES string of the molecule is O=C(Cc1cscn1)N1C[C@@H](CO)[C@@H](CN2CCOCC2)C1. The highest BCUT2D eigenvalue weighted by Crippen LogP contribution is 2.25. The maximum absolute atomic E-state index is 12.4. The van der Waals surface area contributed by atoms with Crippen molar-refractivity contribution in [1.82, 2.24) is 14.8 Å². The minimum Gasteiger partial charge on any atom is -0.396 e. The molecule has 3 rings (SSSR count). The fraction of sp³-hybridized carbons (Fsp3) is 0.733. The van der Waals surface area contributed by atoms with Gasteiger partial charge in [-0.3, -0.25) is 9.69 Å². The van der Waals surface area contributed by atoms with Crippen molar-refractivity contribution in [2.75, 3.05) is 52.5 Å². The molecule has 0 spiro atoms. The number of carbonyl (C=O) groups is 1. The van der Waals surface area contributed by atoms with Gasteiger partial charge in [0.1, 0.15) is 0 Å². The Balaban J connectivity index is 1.55. The summed E-state index contributed by atoms with van der Waals surface area (Å²) in [5.41, 5.74) is 2.59. The van der Waals surface area contributed by atoms with Crippen molar-refractivity contribution >= 4 is 17.2 Å². The van der Waals surface area contributed by atoms with E-state index in [-0.39, 0.29) is 18.4 Å². The molecule has 0 radical (unpaired) electrons. The van der Waals surface area contributed by atoms with Crippen LogP contribution in [0, 0.1) is 11.8 Å². The number of hydrogen-bond donors (Lipinski definition) is 1. The number of likely N-dealkylation sites (tertiary alicyclic amines) is 1. The van der Waals surface area contributed by atoms with Gasteiger partial charge in [0, 0.05) is 50.6 Å². The van der Waals surface area contributed by atoms with Crippen LogP contribution in [0.3, 0.4) is 0 Å². The predicted molar refractivity (Wildman–Crippen MR) is 83.7 cm³/mol. The van der Waals surface area contributed by atoms with Crippen molar-refractivity contribution in [3.8, 4) is 0 Å². The molecule has 2 aliphatic rings. The first-order valence-electron chi connectivity index (χ1n) is 7.82. The summed E-state index contributed by atoms with van der Waals surface area (Å²) in [6, 6.07) is 0. The minimum absolute atomic E-state index is 0.119. The number of thiazole rings is 1. The van der Waals surface area contributed by atoms with Crippen LogP contribution < -0.4 is 0 Å². The summed E-state index contributed by atoms with van der Waals surface area (Å²) in [6.45, 7) is 5.94. The number of aliphatic hydroxyl groups is 1. The summed E-state index contributed by atoms with van der Waals surface area (Å²) in [7, 11) is 0. The van der Waals surface area contributed by atoms with Crippen molar-refractivity contribution < 1.29 is 14.6 Å². The van der Waals surface area contributed by atoms with Crippen molar-refractivity contribution in [3.63, 3.8) is 0 Å². The quantitative estimate of drug-likeness (QED) is 0.831. The van der Waals surface area contributed by atoms with Crippen LogP contribution in [0.5, 0.6) is 0 Å².